The van der Waals surface area contributed by atoms with Crippen LogP contribution in [-0.2, 0) is 25.5 Å². The van der Waals surface area contributed by atoms with Gasteiger partial charge in [0.05, 0.1) is 12.7 Å². The van der Waals surface area contributed by atoms with Crippen LogP contribution in [0, 0.1) is 0 Å². The van der Waals surface area contributed by atoms with E-state index >= 15 is 0 Å². The number of carbonyl (C=O) groups is 3. The predicted octanol–water partition coefficient (Wildman–Crippen LogP) is 1.79. The number of nitrogens with one attached hydrogen (secondary N) is 1. The van der Waals surface area contributed by atoms with Crippen molar-refractivity contribution in [3.63, 3.8) is 0 Å². The summed E-state index contributed by atoms with van der Waals surface area (Å²) >= 11 is 5.70. The van der Waals surface area contributed by atoms with Crippen molar-refractivity contribution in [3.05, 3.63) is 64.9 Å². The molecule has 7 nitrogen and oxygen atoms in total. The van der Waals surface area contributed by atoms with Gasteiger partial charge in [0, 0.05) is 12.6 Å². The molecule has 1 aromatic carbocycles. The highest BCUT2D eigenvalue weighted by Gasteiger charge is 2.22. The number of carbonyl (C=O) groups excluding carboxylic acids is 3. The van der Waals surface area contributed by atoms with Crippen LogP contribution in [0.25, 0.3) is 0 Å². The standard InChI is InChI=1S/C18H17ClN2O5/c1-25-18(24)14(9-12-5-3-2-4-6-12)21-16(22)11-26-17(23)13-7-8-20-15(19)10-13/h2-8,10,14H,9,11H2,1H3,(H,21,22). The Balaban J connectivity index is 1.92. The zero-order valence-electron chi connectivity index (χ0n) is 14.0. The summed E-state index contributed by atoms with van der Waals surface area (Å²) in [5.41, 5.74) is 1.03. The van der Waals surface area contributed by atoms with Gasteiger partial charge in [-0.3, -0.25) is 4.79 Å². The molecule has 0 spiro atoms. The van der Waals surface area contributed by atoms with Crippen molar-refractivity contribution in [2.45, 2.75) is 12.5 Å². The Morgan fingerprint density at radius 2 is 1.92 bits per heavy atom. The highest BCUT2D eigenvalue weighted by Crippen LogP contribution is 2.08. The fraction of sp³-hybridized carbons (Fsp3) is 0.222. The van der Waals surface area contributed by atoms with Crippen LogP contribution in [0.3, 0.4) is 0 Å². The van der Waals surface area contributed by atoms with Crippen LogP contribution < -0.4 is 5.32 Å². The normalized spacial score (nSPS) is 11.3. The number of benzene rings is 1. The SMILES string of the molecule is COC(=O)C(Cc1ccccc1)NC(=O)COC(=O)c1ccnc(Cl)c1. The van der Waals surface area contributed by atoms with E-state index < -0.39 is 30.5 Å². The fourth-order valence-corrected chi connectivity index (χ4v) is 2.34. The zero-order valence-corrected chi connectivity index (χ0v) is 14.7. The third kappa shape index (κ3) is 5.86. The lowest BCUT2D eigenvalue weighted by molar-refractivity contribution is -0.145. The molecule has 1 N–H and O–H groups in total. The molecule has 1 atom stereocenters. The third-order valence-electron chi connectivity index (χ3n) is 3.40. The summed E-state index contributed by atoms with van der Waals surface area (Å²) in [6.45, 7) is -0.541. The lowest BCUT2D eigenvalue weighted by Gasteiger charge is -2.16. The first-order valence-corrected chi connectivity index (χ1v) is 8.07. The summed E-state index contributed by atoms with van der Waals surface area (Å²) in [5.74, 6) is -1.93. The highest BCUT2D eigenvalue weighted by atomic mass is 35.5. The van der Waals surface area contributed by atoms with Crippen LogP contribution in [0.5, 0.6) is 0 Å². The molecule has 1 amide bonds. The average molecular weight is 377 g/mol. The first-order chi connectivity index (χ1) is 12.5. The molecule has 0 aliphatic rings. The molecule has 0 bridgehead atoms. The van der Waals surface area contributed by atoms with Crippen molar-refractivity contribution >= 4 is 29.4 Å². The topological polar surface area (TPSA) is 94.6 Å². The third-order valence-corrected chi connectivity index (χ3v) is 3.61. The number of nitrogens with zero attached hydrogens (tertiary/aromatic N) is 1. The number of aromatic nitrogens is 1. The van der Waals surface area contributed by atoms with E-state index in [4.69, 9.17) is 21.1 Å². The monoisotopic (exact) mass is 376 g/mol. The Morgan fingerprint density at radius 3 is 2.58 bits per heavy atom. The molecule has 0 aliphatic carbocycles. The van der Waals surface area contributed by atoms with Gasteiger partial charge in [0.2, 0.25) is 0 Å². The van der Waals surface area contributed by atoms with Crippen molar-refractivity contribution in [1.29, 1.82) is 0 Å². The number of halogens is 1. The summed E-state index contributed by atoms with van der Waals surface area (Å²) in [4.78, 5) is 39.6. The Hall–Kier alpha value is -2.93. The summed E-state index contributed by atoms with van der Waals surface area (Å²) in [6, 6.07) is 11.0. The number of ether oxygens (including phenoxy) is 2. The van der Waals surface area contributed by atoms with E-state index in [1.54, 1.807) is 0 Å². The summed E-state index contributed by atoms with van der Waals surface area (Å²) in [6.07, 6.45) is 1.61. The minimum Gasteiger partial charge on any atom is -0.467 e. The van der Waals surface area contributed by atoms with E-state index in [2.05, 4.69) is 10.3 Å². The summed E-state index contributed by atoms with van der Waals surface area (Å²) in [7, 11) is 1.24. The van der Waals surface area contributed by atoms with Gasteiger partial charge in [-0.05, 0) is 17.7 Å². The van der Waals surface area contributed by atoms with Gasteiger partial charge in [-0.2, -0.15) is 0 Å². The number of hydrogen-bond donors (Lipinski definition) is 1. The van der Waals surface area contributed by atoms with Crippen LogP contribution in [0.15, 0.2) is 48.7 Å². The van der Waals surface area contributed by atoms with Crippen molar-refractivity contribution < 1.29 is 23.9 Å². The predicted molar refractivity (Wildman–Crippen MR) is 93.6 cm³/mol. The van der Waals surface area contributed by atoms with Gasteiger partial charge in [-0.15, -0.1) is 0 Å². The number of pyridine rings is 1. The van der Waals surface area contributed by atoms with Gasteiger partial charge in [0.1, 0.15) is 11.2 Å². The second-order valence-corrected chi connectivity index (χ2v) is 5.66. The van der Waals surface area contributed by atoms with Gasteiger partial charge in [-0.25, -0.2) is 14.6 Å². The molecule has 0 saturated heterocycles. The molecule has 136 valence electrons. The number of esters is 2. The Bertz CT molecular complexity index is 782. The molecule has 2 rings (SSSR count). The number of amides is 1. The first kappa shape index (κ1) is 19.4. The molecule has 1 heterocycles. The van der Waals surface area contributed by atoms with Crippen LogP contribution in [0.1, 0.15) is 15.9 Å². The molecule has 1 unspecified atom stereocenters. The van der Waals surface area contributed by atoms with Crippen LogP contribution in [0.4, 0.5) is 0 Å². The highest BCUT2D eigenvalue weighted by molar-refractivity contribution is 6.29. The molecular weight excluding hydrogens is 360 g/mol. The first-order valence-electron chi connectivity index (χ1n) is 7.69. The van der Waals surface area contributed by atoms with E-state index in [0.717, 1.165) is 5.56 Å². The largest absolute Gasteiger partial charge is 0.467 e. The summed E-state index contributed by atoms with van der Waals surface area (Å²) in [5, 5.41) is 2.64. The molecule has 8 heteroatoms. The molecule has 0 aliphatic heterocycles. The molecule has 0 fully saturated rings. The lowest BCUT2D eigenvalue weighted by Crippen LogP contribution is -2.44. The van der Waals surface area contributed by atoms with Crippen LogP contribution >= 0.6 is 11.6 Å². The van der Waals surface area contributed by atoms with E-state index in [1.807, 2.05) is 30.3 Å². The van der Waals surface area contributed by atoms with Crippen molar-refractivity contribution in [3.8, 4) is 0 Å². The Labute approximate surface area is 155 Å². The van der Waals surface area contributed by atoms with Crippen molar-refractivity contribution in [1.82, 2.24) is 10.3 Å². The zero-order chi connectivity index (χ0) is 18.9. The molecule has 0 saturated carbocycles. The van der Waals surface area contributed by atoms with Crippen LogP contribution in [-0.4, -0.2) is 42.6 Å². The second kappa shape index (κ2) is 9.53. The fourth-order valence-electron chi connectivity index (χ4n) is 2.17. The second-order valence-electron chi connectivity index (χ2n) is 5.28. The molecule has 1 aromatic heterocycles. The van der Waals surface area contributed by atoms with E-state index in [-0.39, 0.29) is 17.1 Å². The smallest absolute Gasteiger partial charge is 0.338 e. The van der Waals surface area contributed by atoms with E-state index in [0.29, 0.717) is 0 Å². The van der Waals surface area contributed by atoms with Gasteiger partial charge < -0.3 is 14.8 Å². The number of rotatable bonds is 7. The molecular formula is C18H17ClN2O5. The average Bonchev–Trinajstić information content (AvgIpc) is 2.65. The molecule has 0 radical (unpaired) electrons. The minimum absolute atomic E-state index is 0.137. The molecule has 2 aromatic rings. The summed E-state index contributed by atoms with van der Waals surface area (Å²) < 4.78 is 9.63. The number of hydrogen-bond acceptors (Lipinski definition) is 6. The maximum Gasteiger partial charge on any atom is 0.338 e. The Kier molecular flexibility index (Phi) is 7.11. The Morgan fingerprint density at radius 1 is 1.19 bits per heavy atom. The maximum absolute atomic E-state index is 12.0. The van der Waals surface area contributed by atoms with Gasteiger partial charge in [-0.1, -0.05) is 41.9 Å². The number of methoxy groups -OCH3 is 1. The maximum atomic E-state index is 12.0. The van der Waals surface area contributed by atoms with Gasteiger partial charge >= 0.3 is 11.9 Å². The van der Waals surface area contributed by atoms with Crippen LogP contribution in [0.2, 0.25) is 5.15 Å². The van der Waals surface area contributed by atoms with Crippen molar-refractivity contribution in [2.75, 3.05) is 13.7 Å². The lowest BCUT2D eigenvalue weighted by atomic mass is 10.1. The van der Waals surface area contributed by atoms with Crippen molar-refractivity contribution in [2.24, 2.45) is 0 Å². The van der Waals surface area contributed by atoms with Gasteiger partial charge in [0.15, 0.2) is 6.61 Å². The van der Waals surface area contributed by atoms with E-state index in [9.17, 15) is 14.4 Å². The minimum atomic E-state index is -0.885. The molecule has 26 heavy (non-hydrogen) atoms. The van der Waals surface area contributed by atoms with Gasteiger partial charge in [0.25, 0.3) is 5.91 Å². The quantitative estimate of drug-likeness (QED) is 0.584. The van der Waals surface area contributed by atoms with E-state index in [1.165, 1.54) is 25.4 Å².